The van der Waals surface area contributed by atoms with Gasteiger partial charge < -0.3 is 5.32 Å². The maximum atomic E-state index is 6.03. The number of rotatable bonds is 3. The van der Waals surface area contributed by atoms with Gasteiger partial charge in [0.1, 0.15) is 5.01 Å². The quantitative estimate of drug-likeness (QED) is 0.898. The number of hydrogen-bond donors (Lipinski definition) is 1. The van der Waals surface area contributed by atoms with Gasteiger partial charge in [-0.3, -0.25) is 0 Å². The Balaban J connectivity index is 2.07. The van der Waals surface area contributed by atoms with Crippen molar-refractivity contribution in [3.63, 3.8) is 0 Å². The van der Waals surface area contributed by atoms with Crippen LogP contribution >= 0.6 is 34.5 Å². The van der Waals surface area contributed by atoms with E-state index >= 15 is 0 Å². The van der Waals surface area contributed by atoms with E-state index in [1.165, 1.54) is 0 Å². The summed E-state index contributed by atoms with van der Waals surface area (Å²) in [6, 6.07) is 5.35. The molecule has 1 heterocycles. The average molecular weight is 273 g/mol. The fourth-order valence-electron chi connectivity index (χ4n) is 1.29. The van der Waals surface area contributed by atoms with Crippen LogP contribution < -0.4 is 5.32 Å². The molecule has 0 radical (unpaired) electrons. The van der Waals surface area contributed by atoms with E-state index in [2.05, 4.69) is 10.3 Å². The van der Waals surface area contributed by atoms with E-state index in [9.17, 15) is 0 Å². The summed E-state index contributed by atoms with van der Waals surface area (Å²) in [5.74, 6) is 0. The predicted octanol–water partition coefficient (Wildman–Crippen LogP) is 4.37. The number of benzene rings is 1. The summed E-state index contributed by atoms with van der Waals surface area (Å²) in [5.41, 5.74) is 1.88. The van der Waals surface area contributed by atoms with Crippen LogP contribution in [0.1, 0.15) is 10.7 Å². The highest BCUT2D eigenvalue weighted by Crippen LogP contribution is 2.26. The number of thiazole rings is 1. The van der Waals surface area contributed by atoms with Crippen LogP contribution in [-0.4, -0.2) is 4.98 Å². The molecule has 2 nitrogen and oxygen atoms in total. The van der Waals surface area contributed by atoms with Crippen molar-refractivity contribution in [2.45, 2.75) is 13.5 Å². The first-order valence-electron chi connectivity index (χ1n) is 4.75. The number of aryl methyl sites for hydroxylation is 1. The second-order valence-electron chi connectivity index (χ2n) is 3.36. The van der Waals surface area contributed by atoms with Crippen LogP contribution in [0.3, 0.4) is 0 Å². The molecule has 1 aromatic carbocycles. The molecule has 0 saturated heterocycles. The van der Waals surface area contributed by atoms with Crippen molar-refractivity contribution in [2.75, 3.05) is 5.32 Å². The minimum absolute atomic E-state index is 0.665. The highest BCUT2D eigenvalue weighted by atomic mass is 35.5. The lowest BCUT2D eigenvalue weighted by atomic mass is 10.3. The molecule has 2 rings (SSSR count). The van der Waals surface area contributed by atoms with Gasteiger partial charge in [-0.15, -0.1) is 11.3 Å². The Kier molecular flexibility index (Phi) is 3.69. The van der Waals surface area contributed by atoms with Gasteiger partial charge in [-0.2, -0.15) is 0 Å². The molecule has 0 spiro atoms. The van der Waals surface area contributed by atoms with Crippen LogP contribution in [0.15, 0.2) is 23.6 Å². The summed E-state index contributed by atoms with van der Waals surface area (Å²) in [6.45, 7) is 2.64. The minimum Gasteiger partial charge on any atom is -0.377 e. The SMILES string of the molecule is Cc1csc(CNc2cc(Cl)ccc2Cl)n1. The number of anilines is 1. The zero-order valence-electron chi connectivity index (χ0n) is 8.63. The molecular formula is C11H10Cl2N2S. The largest absolute Gasteiger partial charge is 0.377 e. The summed E-state index contributed by atoms with van der Waals surface area (Å²) in [6.07, 6.45) is 0. The normalized spacial score (nSPS) is 10.4. The number of nitrogens with zero attached hydrogens (tertiary/aromatic N) is 1. The molecule has 0 saturated carbocycles. The van der Waals surface area contributed by atoms with E-state index in [-0.39, 0.29) is 0 Å². The molecule has 5 heteroatoms. The van der Waals surface area contributed by atoms with Crippen LogP contribution in [0.2, 0.25) is 10.0 Å². The Labute approximate surface area is 108 Å². The first kappa shape index (κ1) is 11.7. The van der Waals surface area contributed by atoms with Crippen molar-refractivity contribution >= 4 is 40.2 Å². The first-order chi connectivity index (χ1) is 7.65. The molecule has 1 aromatic heterocycles. The highest BCUT2D eigenvalue weighted by molar-refractivity contribution is 7.09. The lowest BCUT2D eigenvalue weighted by Crippen LogP contribution is -1.99. The number of hydrogen-bond acceptors (Lipinski definition) is 3. The molecule has 16 heavy (non-hydrogen) atoms. The lowest BCUT2D eigenvalue weighted by molar-refractivity contribution is 1.08. The van der Waals surface area contributed by atoms with E-state index in [0.717, 1.165) is 16.4 Å². The number of halogens is 2. The zero-order chi connectivity index (χ0) is 11.5. The van der Waals surface area contributed by atoms with Crippen LogP contribution in [0.4, 0.5) is 5.69 Å². The van der Waals surface area contributed by atoms with E-state index in [0.29, 0.717) is 16.6 Å². The van der Waals surface area contributed by atoms with Gasteiger partial charge in [-0.25, -0.2) is 4.98 Å². The molecular weight excluding hydrogens is 263 g/mol. The van der Waals surface area contributed by atoms with Gasteiger partial charge in [-0.1, -0.05) is 23.2 Å². The van der Waals surface area contributed by atoms with Crippen LogP contribution in [0.25, 0.3) is 0 Å². The molecule has 2 aromatic rings. The molecule has 0 bridgehead atoms. The van der Waals surface area contributed by atoms with Crippen molar-refractivity contribution in [1.29, 1.82) is 0 Å². The van der Waals surface area contributed by atoms with Crippen molar-refractivity contribution in [2.24, 2.45) is 0 Å². The van der Waals surface area contributed by atoms with E-state index < -0.39 is 0 Å². The van der Waals surface area contributed by atoms with Crippen molar-refractivity contribution in [1.82, 2.24) is 4.98 Å². The fourth-order valence-corrected chi connectivity index (χ4v) is 2.36. The van der Waals surface area contributed by atoms with Gasteiger partial charge in [-0.05, 0) is 25.1 Å². The maximum Gasteiger partial charge on any atom is 0.112 e. The van der Waals surface area contributed by atoms with Crippen molar-refractivity contribution < 1.29 is 0 Å². The Hall–Kier alpha value is -0.770. The summed E-state index contributed by atoms with van der Waals surface area (Å²) in [7, 11) is 0. The zero-order valence-corrected chi connectivity index (χ0v) is 11.0. The molecule has 84 valence electrons. The van der Waals surface area contributed by atoms with Gasteiger partial charge in [0, 0.05) is 16.1 Å². The molecule has 0 unspecified atom stereocenters. The lowest BCUT2D eigenvalue weighted by Gasteiger charge is -2.06. The third kappa shape index (κ3) is 2.88. The van der Waals surface area contributed by atoms with Crippen LogP contribution in [-0.2, 0) is 6.54 Å². The third-order valence-corrected chi connectivity index (χ3v) is 3.56. The first-order valence-corrected chi connectivity index (χ1v) is 6.38. The monoisotopic (exact) mass is 272 g/mol. The van der Waals surface area contributed by atoms with Crippen molar-refractivity contribution in [3.8, 4) is 0 Å². The van der Waals surface area contributed by atoms with Gasteiger partial charge in [0.15, 0.2) is 0 Å². The number of aromatic nitrogens is 1. The van der Waals surface area contributed by atoms with Crippen LogP contribution in [0.5, 0.6) is 0 Å². The Morgan fingerprint density at radius 3 is 2.88 bits per heavy atom. The topological polar surface area (TPSA) is 24.9 Å². The molecule has 0 aliphatic heterocycles. The van der Waals surface area contributed by atoms with E-state index in [1.54, 1.807) is 23.5 Å². The third-order valence-electron chi connectivity index (χ3n) is 2.03. The Morgan fingerprint density at radius 1 is 1.38 bits per heavy atom. The summed E-state index contributed by atoms with van der Waals surface area (Å²) < 4.78 is 0. The highest BCUT2D eigenvalue weighted by Gasteiger charge is 2.02. The molecule has 1 N–H and O–H groups in total. The Morgan fingerprint density at radius 2 is 2.19 bits per heavy atom. The van der Waals surface area contributed by atoms with E-state index in [1.807, 2.05) is 18.4 Å². The predicted molar refractivity (Wildman–Crippen MR) is 70.6 cm³/mol. The maximum absolute atomic E-state index is 6.03. The van der Waals surface area contributed by atoms with Gasteiger partial charge in [0.2, 0.25) is 0 Å². The fraction of sp³-hybridized carbons (Fsp3) is 0.182. The standard InChI is InChI=1S/C11H10Cl2N2S/c1-7-6-16-11(15-7)5-14-10-4-8(12)2-3-9(10)13/h2-4,6,14H,5H2,1H3. The summed E-state index contributed by atoms with van der Waals surface area (Å²) >= 11 is 13.5. The smallest absolute Gasteiger partial charge is 0.112 e. The summed E-state index contributed by atoms with van der Waals surface area (Å²) in [5, 5.41) is 7.61. The second-order valence-corrected chi connectivity index (χ2v) is 5.15. The van der Waals surface area contributed by atoms with Crippen LogP contribution in [0, 0.1) is 6.92 Å². The van der Waals surface area contributed by atoms with Gasteiger partial charge in [0.05, 0.1) is 17.3 Å². The molecule has 0 fully saturated rings. The summed E-state index contributed by atoms with van der Waals surface area (Å²) in [4.78, 5) is 4.36. The number of nitrogens with one attached hydrogen (secondary N) is 1. The van der Waals surface area contributed by atoms with E-state index in [4.69, 9.17) is 23.2 Å². The van der Waals surface area contributed by atoms with Gasteiger partial charge in [0.25, 0.3) is 0 Å². The Bertz CT molecular complexity index is 496. The van der Waals surface area contributed by atoms with Gasteiger partial charge >= 0.3 is 0 Å². The molecule has 0 atom stereocenters. The molecule has 0 aliphatic rings. The second kappa shape index (κ2) is 5.04. The van der Waals surface area contributed by atoms with Crippen molar-refractivity contribution in [3.05, 3.63) is 44.3 Å². The minimum atomic E-state index is 0.665. The molecule has 0 amide bonds. The average Bonchev–Trinajstić information content (AvgIpc) is 2.66. The molecule has 0 aliphatic carbocycles.